The molecule has 0 aliphatic rings. The Hall–Kier alpha value is -1.58. The van der Waals surface area contributed by atoms with E-state index in [9.17, 15) is 9.59 Å². The van der Waals surface area contributed by atoms with Crippen molar-refractivity contribution in [2.24, 2.45) is 7.05 Å². The summed E-state index contributed by atoms with van der Waals surface area (Å²) in [6.45, 7) is 0. The maximum atomic E-state index is 11.1. The lowest BCUT2D eigenvalue weighted by molar-refractivity contribution is -0.136. The number of aryl methyl sites for hydroxylation is 1. The Balaban J connectivity index is 2.83. The predicted molar refractivity (Wildman–Crippen MR) is 47.6 cm³/mol. The van der Waals surface area contributed by atoms with Crippen molar-refractivity contribution in [3.05, 3.63) is 34.2 Å². The highest BCUT2D eigenvalue weighted by atomic mass is 16.4. The number of pyridine rings is 1. The number of carboxylic acid groups (broad SMARTS) is 1. The molecule has 4 heteroatoms. The van der Waals surface area contributed by atoms with Crippen LogP contribution < -0.4 is 5.56 Å². The zero-order valence-electron chi connectivity index (χ0n) is 7.36. The number of carbonyl (C=O) groups is 1. The summed E-state index contributed by atoms with van der Waals surface area (Å²) in [6.07, 6.45) is 0.444. The van der Waals surface area contributed by atoms with E-state index in [0.29, 0.717) is 6.42 Å². The smallest absolute Gasteiger partial charge is 0.303 e. The summed E-state index contributed by atoms with van der Waals surface area (Å²) in [5.74, 6) is -0.851. The van der Waals surface area contributed by atoms with Gasteiger partial charge in [-0.2, -0.15) is 0 Å². The van der Waals surface area contributed by atoms with Crippen LogP contribution in [-0.4, -0.2) is 15.6 Å². The average molecular weight is 181 g/mol. The fourth-order valence-electron chi connectivity index (χ4n) is 1.09. The number of hydrogen-bond acceptors (Lipinski definition) is 2. The van der Waals surface area contributed by atoms with Gasteiger partial charge in [-0.15, -0.1) is 0 Å². The van der Waals surface area contributed by atoms with E-state index < -0.39 is 5.97 Å². The van der Waals surface area contributed by atoms with Gasteiger partial charge >= 0.3 is 5.97 Å². The summed E-state index contributed by atoms with van der Waals surface area (Å²) in [6, 6.07) is 4.84. The molecule has 13 heavy (non-hydrogen) atoms. The van der Waals surface area contributed by atoms with Crippen LogP contribution in [0.5, 0.6) is 0 Å². The van der Waals surface area contributed by atoms with Gasteiger partial charge in [0.2, 0.25) is 5.56 Å². The lowest BCUT2D eigenvalue weighted by atomic mass is 10.2. The molecule has 0 amide bonds. The van der Waals surface area contributed by atoms with Crippen molar-refractivity contribution >= 4 is 5.97 Å². The molecule has 70 valence electrons. The standard InChI is InChI=1S/C9H11NO3/c1-10-7(5-6-9(12)13)3-2-4-8(10)11/h2-4H,5-6H2,1H3,(H,12,13). The Morgan fingerprint density at radius 2 is 2.23 bits per heavy atom. The van der Waals surface area contributed by atoms with Crippen molar-refractivity contribution in [3.63, 3.8) is 0 Å². The molecule has 1 N–H and O–H groups in total. The van der Waals surface area contributed by atoms with E-state index in [0.717, 1.165) is 5.69 Å². The van der Waals surface area contributed by atoms with E-state index in [-0.39, 0.29) is 12.0 Å². The van der Waals surface area contributed by atoms with Crippen molar-refractivity contribution in [2.45, 2.75) is 12.8 Å². The van der Waals surface area contributed by atoms with Gasteiger partial charge in [0.05, 0.1) is 6.42 Å². The van der Waals surface area contributed by atoms with Crippen molar-refractivity contribution < 1.29 is 9.90 Å². The first-order valence-electron chi connectivity index (χ1n) is 3.98. The molecule has 0 unspecified atom stereocenters. The van der Waals surface area contributed by atoms with Gasteiger partial charge in [0, 0.05) is 18.8 Å². The third-order valence-electron chi connectivity index (χ3n) is 1.88. The van der Waals surface area contributed by atoms with Crippen LogP contribution in [0.1, 0.15) is 12.1 Å². The Labute approximate surface area is 75.4 Å². The fourth-order valence-corrected chi connectivity index (χ4v) is 1.09. The van der Waals surface area contributed by atoms with E-state index >= 15 is 0 Å². The van der Waals surface area contributed by atoms with E-state index in [1.807, 2.05) is 0 Å². The third kappa shape index (κ3) is 2.43. The number of aliphatic carboxylic acids is 1. The van der Waals surface area contributed by atoms with Crippen molar-refractivity contribution in [2.75, 3.05) is 0 Å². The number of nitrogens with zero attached hydrogens (tertiary/aromatic N) is 1. The van der Waals surface area contributed by atoms with Crippen LogP contribution in [0.4, 0.5) is 0 Å². The minimum atomic E-state index is -0.851. The molecule has 1 aromatic rings. The van der Waals surface area contributed by atoms with Crippen LogP contribution in [0.15, 0.2) is 23.0 Å². The lowest BCUT2D eigenvalue weighted by Gasteiger charge is -2.04. The van der Waals surface area contributed by atoms with Gasteiger partial charge in [-0.3, -0.25) is 9.59 Å². The highest BCUT2D eigenvalue weighted by Crippen LogP contribution is 1.98. The molecule has 0 aliphatic carbocycles. The number of aromatic nitrogens is 1. The van der Waals surface area contributed by atoms with Crippen LogP contribution >= 0.6 is 0 Å². The molecule has 0 saturated heterocycles. The molecule has 1 heterocycles. The van der Waals surface area contributed by atoms with E-state index in [1.54, 1.807) is 19.2 Å². The molecule has 0 radical (unpaired) electrons. The molecule has 4 nitrogen and oxygen atoms in total. The predicted octanol–water partition coefficient (Wildman–Crippen LogP) is 0.403. The molecule has 0 atom stereocenters. The van der Waals surface area contributed by atoms with E-state index in [4.69, 9.17) is 5.11 Å². The molecular formula is C9H11NO3. The van der Waals surface area contributed by atoms with Gasteiger partial charge in [0.1, 0.15) is 0 Å². The molecule has 0 bridgehead atoms. The molecule has 0 fully saturated rings. The molecule has 0 saturated carbocycles. The van der Waals surface area contributed by atoms with Crippen LogP contribution in [0.25, 0.3) is 0 Å². The Bertz CT molecular complexity index is 367. The fraction of sp³-hybridized carbons (Fsp3) is 0.333. The van der Waals surface area contributed by atoms with Gasteiger partial charge in [0.15, 0.2) is 0 Å². The summed E-state index contributed by atoms with van der Waals surface area (Å²) in [5, 5.41) is 8.45. The molecule has 1 rings (SSSR count). The molecular weight excluding hydrogens is 170 g/mol. The van der Waals surface area contributed by atoms with Gasteiger partial charge in [-0.05, 0) is 12.5 Å². The van der Waals surface area contributed by atoms with Crippen molar-refractivity contribution in [1.82, 2.24) is 4.57 Å². The molecule has 1 aromatic heterocycles. The first-order valence-corrected chi connectivity index (χ1v) is 3.98. The van der Waals surface area contributed by atoms with Crippen LogP contribution in [-0.2, 0) is 18.3 Å². The summed E-state index contributed by atoms with van der Waals surface area (Å²) in [7, 11) is 1.64. The van der Waals surface area contributed by atoms with E-state index in [2.05, 4.69) is 0 Å². The zero-order chi connectivity index (χ0) is 9.84. The second kappa shape index (κ2) is 3.89. The first-order chi connectivity index (χ1) is 6.11. The highest BCUT2D eigenvalue weighted by molar-refractivity contribution is 5.66. The van der Waals surface area contributed by atoms with Crippen LogP contribution in [0.2, 0.25) is 0 Å². The Morgan fingerprint density at radius 1 is 1.54 bits per heavy atom. The van der Waals surface area contributed by atoms with Crippen molar-refractivity contribution in [1.29, 1.82) is 0 Å². The van der Waals surface area contributed by atoms with Gasteiger partial charge in [-0.1, -0.05) is 6.07 Å². The maximum Gasteiger partial charge on any atom is 0.303 e. The number of rotatable bonds is 3. The zero-order valence-corrected chi connectivity index (χ0v) is 7.36. The Kier molecular flexibility index (Phi) is 2.84. The minimum absolute atomic E-state index is 0.0529. The minimum Gasteiger partial charge on any atom is -0.481 e. The molecule has 0 aromatic carbocycles. The third-order valence-corrected chi connectivity index (χ3v) is 1.88. The van der Waals surface area contributed by atoms with Gasteiger partial charge in [0.25, 0.3) is 0 Å². The number of carboxylic acids is 1. The highest BCUT2D eigenvalue weighted by Gasteiger charge is 2.01. The summed E-state index contributed by atoms with van der Waals surface area (Å²) in [4.78, 5) is 21.4. The summed E-state index contributed by atoms with van der Waals surface area (Å²) in [5.41, 5.74) is 0.637. The molecule has 0 spiro atoms. The number of hydrogen-bond donors (Lipinski definition) is 1. The van der Waals surface area contributed by atoms with Crippen LogP contribution in [0.3, 0.4) is 0 Å². The summed E-state index contributed by atoms with van der Waals surface area (Å²) >= 11 is 0. The monoisotopic (exact) mass is 181 g/mol. The SMILES string of the molecule is Cn1c(CCC(=O)O)cccc1=O. The second-order valence-corrected chi connectivity index (χ2v) is 2.81. The van der Waals surface area contributed by atoms with E-state index in [1.165, 1.54) is 10.6 Å². The van der Waals surface area contributed by atoms with Gasteiger partial charge < -0.3 is 9.67 Å². The maximum absolute atomic E-state index is 11.1. The normalized spacial score (nSPS) is 9.92. The van der Waals surface area contributed by atoms with Gasteiger partial charge in [-0.25, -0.2) is 0 Å². The Morgan fingerprint density at radius 3 is 2.85 bits per heavy atom. The first kappa shape index (κ1) is 9.51. The largest absolute Gasteiger partial charge is 0.481 e. The van der Waals surface area contributed by atoms with Crippen molar-refractivity contribution in [3.8, 4) is 0 Å². The van der Waals surface area contributed by atoms with Crippen LogP contribution in [0, 0.1) is 0 Å². The topological polar surface area (TPSA) is 59.3 Å². The second-order valence-electron chi connectivity index (χ2n) is 2.81. The average Bonchev–Trinajstić information content (AvgIpc) is 2.07. The quantitative estimate of drug-likeness (QED) is 0.734. The lowest BCUT2D eigenvalue weighted by Crippen LogP contribution is -2.19. The molecule has 0 aliphatic heterocycles. The summed E-state index contributed by atoms with van der Waals surface area (Å²) < 4.78 is 1.46.